The number of likely N-dealkylation sites (tertiary alicyclic amines) is 1. The third-order valence-corrected chi connectivity index (χ3v) is 4.30. The highest BCUT2D eigenvalue weighted by Gasteiger charge is 2.25. The summed E-state index contributed by atoms with van der Waals surface area (Å²) in [5.74, 6) is -0.374. The molecule has 1 amide bonds. The molecule has 1 atom stereocenters. The Labute approximate surface area is 129 Å². The van der Waals surface area contributed by atoms with Crippen LogP contribution in [0.15, 0.2) is 18.2 Å². The number of carbonyl (C=O) groups is 1. The topological polar surface area (TPSA) is 58.4 Å². The molecule has 3 N–H and O–H groups in total. The fraction of sp³-hybridized carbons (Fsp3) is 0.429. The van der Waals surface area contributed by atoms with E-state index in [2.05, 4.69) is 5.32 Å². The summed E-state index contributed by atoms with van der Waals surface area (Å²) >= 11 is 11.5. The number of thiocarbonyl (C=S) groups is 1. The van der Waals surface area contributed by atoms with Crippen LogP contribution in [0.3, 0.4) is 0 Å². The first-order valence-electron chi connectivity index (χ1n) is 6.59. The van der Waals surface area contributed by atoms with Gasteiger partial charge in [-0.05, 0) is 49.7 Å². The van der Waals surface area contributed by atoms with Gasteiger partial charge < -0.3 is 16.0 Å². The quantitative estimate of drug-likeness (QED) is 0.824. The monoisotopic (exact) mass is 311 g/mol. The van der Waals surface area contributed by atoms with Gasteiger partial charge in [-0.15, -0.1) is 0 Å². The largest absolute Gasteiger partial charge is 0.369 e. The summed E-state index contributed by atoms with van der Waals surface area (Å²) in [6, 6.07) is 5.72. The minimum atomic E-state index is -0.254. The van der Waals surface area contributed by atoms with Crippen LogP contribution in [0.25, 0.3) is 0 Å². The summed E-state index contributed by atoms with van der Waals surface area (Å²) in [4.78, 5) is 13.3. The van der Waals surface area contributed by atoms with Gasteiger partial charge in [0.25, 0.3) is 0 Å². The Morgan fingerprint density at radius 1 is 1.55 bits per heavy atom. The Morgan fingerprint density at radius 2 is 2.30 bits per heavy atom. The molecule has 0 spiro atoms. The van der Waals surface area contributed by atoms with Gasteiger partial charge in [-0.3, -0.25) is 4.79 Å². The predicted octanol–water partition coefficient (Wildman–Crippen LogP) is 2.54. The molecular weight excluding hydrogens is 294 g/mol. The number of benzene rings is 1. The standard InChI is InChI=1S/C14H18ClN3OS/c1-9-4-5-11(7-12(9)15)17-14(20)18-6-2-3-10(8-18)13(16)19/h4-5,7,10H,2-3,6,8H2,1H3,(H2,16,19)(H,17,20). The van der Waals surface area contributed by atoms with Gasteiger partial charge in [-0.25, -0.2) is 0 Å². The van der Waals surface area contributed by atoms with Gasteiger partial charge >= 0.3 is 0 Å². The van der Waals surface area contributed by atoms with Gasteiger partial charge in [0.1, 0.15) is 0 Å². The van der Waals surface area contributed by atoms with E-state index in [0.29, 0.717) is 16.7 Å². The normalized spacial score (nSPS) is 18.7. The lowest BCUT2D eigenvalue weighted by Gasteiger charge is -2.33. The number of amides is 1. The maximum Gasteiger partial charge on any atom is 0.222 e. The second-order valence-electron chi connectivity index (χ2n) is 5.08. The highest BCUT2D eigenvalue weighted by atomic mass is 35.5. The Kier molecular flexibility index (Phi) is 4.83. The molecule has 1 aromatic rings. The van der Waals surface area contributed by atoms with Crippen molar-refractivity contribution in [3.8, 4) is 0 Å². The Bertz CT molecular complexity index is 535. The number of anilines is 1. The molecule has 20 heavy (non-hydrogen) atoms. The van der Waals surface area contributed by atoms with Gasteiger partial charge in [0.2, 0.25) is 5.91 Å². The third-order valence-electron chi connectivity index (χ3n) is 3.53. The number of nitrogens with zero attached hydrogens (tertiary/aromatic N) is 1. The average molecular weight is 312 g/mol. The minimum Gasteiger partial charge on any atom is -0.369 e. The minimum absolute atomic E-state index is 0.120. The lowest BCUT2D eigenvalue weighted by atomic mass is 9.98. The summed E-state index contributed by atoms with van der Waals surface area (Å²) in [7, 11) is 0. The van der Waals surface area contributed by atoms with Crippen LogP contribution < -0.4 is 11.1 Å². The van der Waals surface area contributed by atoms with Crippen molar-refractivity contribution in [3.05, 3.63) is 28.8 Å². The zero-order valence-electron chi connectivity index (χ0n) is 11.4. The summed E-state index contributed by atoms with van der Waals surface area (Å²) < 4.78 is 0. The Balaban J connectivity index is 2.00. The number of hydrogen-bond acceptors (Lipinski definition) is 2. The van der Waals surface area contributed by atoms with E-state index in [0.717, 1.165) is 30.6 Å². The molecular formula is C14H18ClN3OS. The maximum absolute atomic E-state index is 11.3. The van der Waals surface area contributed by atoms with Crippen molar-refractivity contribution in [3.63, 3.8) is 0 Å². The van der Waals surface area contributed by atoms with Crippen LogP contribution in [0.1, 0.15) is 18.4 Å². The molecule has 4 nitrogen and oxygen atoms in total. The highest BCUT2D eigenvalue weighted by molar-refractivity contribution is 7.80. The third kappa shape index (κ3) is 3.61. The van der Waals surface area contributed by atoms with E-state index < -0.39 is 0 Å². The first-order chi connectivity index (χ1) is 9.47. The second-order valence-corrected chi connectivity index (χ2v) is 5.88. The van der Waals surface area contributed by atoms with Crippen molar-refractivity contribution in [2.24, 2.45) is 11.7 Å². The lowest BCUT2D eigenvalue weighted by molar-refractivity contribution is -0.122. The van der Waals surface area contributed by atoms with Crippen molar-refractivity contribution in [2.75, 3.05) is 18.4 Å². The molecule has 0 bridgehead atoms. The molecule has 1 fully saturated rings. The van der Waals surface area contributed by atoms with E-state index >= 15 is 0 Å². The summed E-state index contributed by atoms with van der Waals surface area (Å²) in [5.41, 5.74) is 7.25. The molecule has 1 aromatic carbocycles. The van der Waals surface area contributed by atoms with Gasteiger partial charge in [0, 0.05) is 23.8 Å². The molecule has 0 aliphatic carbocycles. The molecule has 1 aliphatic heterocycles. The molecule has 2 rings (SSSR count). The number of rotatable bonds is 2. The molecule has 0 saturated carbocycles. The fourth-order valence-corrected chi connectivity index (χ4v) is 2.73. The van der Waals surface area contributed by atoms with Gasteiger partial charge in [0.15, 0.2) is 5.11 Å². The van der Waals surface area contributed by atoms with E-state index in [4.69, 9.17) is 29.6 Å². The Hall–Kier alpha value is -1.33. The van der Waals surface area contributed by atoms with Crippen molar-refractivity contribution < 1.29 is 4.79 Å². The van der Waals surface area contributed by atoms with Crippen molar-refractivity contribution in [1.29, 1.82) is 0 Å². The van der Waals surface area contributed by atoms with Crippen molar-refractivity contribution >= 4 is 40.5 Å². The molecule has 1 aliphatic rings. The first-order valence-corrected chi connectivity index (χ1v) is 7.37. The summed E-state index contributed by atoms with van der Waals surface area (Å²) in [6.45, 7) is 3.38. The molecule has 108 valence electrons. The number of primary amides is 1. The zero-order chi connectivity index (χ0) is 14.7. The van der Waals surface area contributed by atoms with Gasteiger partial charge in [-0.1, -0.05) is 17.7 Å². The molecule has 0 aromatic heterocycles. The average Bonchev–Trinajstić information content (AvgIpc) is 2.43. The smallest absolute Gasteiger partial charge is 0.222 e. The number of aryl methyl sites for hydroxylation is 1. The SMILES string of the molecule is Cc1ccc(NC(=S)N2CCCC(C(N)=O)C2)cc1Cl. The van der Waals surface area contributed by atoms with Crippen LogP contribution in [0.2, 0.25) is 5.02 Å². The number of carbonyl (C=O) groups excluding carboxylic acids is 1. The molecule has 6 heteroatoms. The number of halogens is 1. The maximum atomic E-state index is 11.3. The summed E-state index contributed by atoms with van der Waals surface area (Å²) in [5, 5.41) is 4.47. The number of hydrogen-bond donors (Lipinski definition) is 2. The fourth-order valence-electron chi connectivity index (χ4n) is 2.27. The van der Waals surface area contributed by atoms with Crippen LogP contribution >= 0.6 is 23.8 Å². The van der Waals surface area contributed by atoms with E-state index in [-0.39, 0.29) is 11.8 Å². The van der Waals surface area contributed by atoms with Crippen LogP contribution in [0.4, 0.5) is 5.69 Å². The first kappa shape index (κ1) is 15.1. The van der Waals surface area contributed by atoms with Crippen molar-refractivity contribution in [2.45, 2.75) is 19.8 Å². The van der Waals surface area contributed by atoms with Crippen LogP contribution in [0, 0.1) is 12.8 Å². The highest BCUT2D eigenvalue weighted by Crippen LogP contribution is 2.21. The van der Waals surface area contributed by atoms with E-state index in [9.17, 15) is 4.79 Å². The van der Waals surface area contributed by atoms with Crippen LogP contribution in [0.5, 0.6) is 0 Å². The number of nitrogens with one attached hydrogen (secondary N) is 1. The summed E-state index contributed by atoms with van der Waals surface area (Å²) in [6.07, 6.45) is 1.76. The number of nitrogens with two attached hydrogens (primary N) is 1. The van der Waals surface area contributed by atoms with Crippen molar-refractivity contribution in [1.82, 2.24) is 4.90 Å². The van der Waals surface area contributed by atoms with E-state index in [1.54, 1.807) is 0 Å². The zero-order valence-corrected chi connectivity index (χ0v) is 12.9. The molecule has 1 saturated heterocycles. The van der Waals surface area contributed by atoms with Gasteiger partial charge in [-0.2, -0.15) is 0 Å². The molecule has 1 unspecified atom stereocenters. The number of piperidine rings is 1. The second kappa shape index (κ2) is 6.41. The van der Waals surface area contributed by atoms with Crippen LogP contribution in [-0.4, -0.2) is 29.0 Å². The molecule has 1 heterocycles. The van der Waals surface area contributed by atoms with Crippen LogP contribution in [-0.2, 0) is 4.79 Å². The van der Waals surface area contributed by atoms with Gasteiger partial charge in [0.05, 0.1) is 5.92 Å². The van der Waals surface area contributed by atoms with E-state index in [1.165, 1.54) is 0 Å². The van der Waals surface area contributed by atoms with E-state index in [1.807, 2.05) is 30.0 Å². The lowest BCUT2D eigenvalue weighted by Crippen LogP contribution is -2.45. The molecule has 0 radical (unpaired) electrons. The Morgan fingerprint density at radius 3 is 2.95 bits per heavy atom. The predicted molar refractivity (Wildman–Crippen MR) is 85.9 cm³/mol.